The van der Waals surface area contributed by atoms with Gasteiger partial charge in [-0.2, -0.15) is 0 Å². The topological polar surface area (TPSA) is 0 Å². The molecule has 0 aliphatic heterocycles. The smallest absolute Gasteiger partial charge is 0.111 e. The van der Waals surface area contributed by atoms with Crippen LogP contribution in [0.4, 0.5) is 4.39 Å². The van der Waals surface area contributed by atoms with E-state index in [0.717, 1.165) is 17.6 Å². The van der Waals surface area contributed by atoms with Crippen LogP contribution in [0.25, 0.3) is 0 Å². The molecule has 0 saturated carbocycles. The van der Waals surface area contributed by atoms with E-state index in [1.165, 1.54) is 0 Å². The highest BCUT2D eigenvalue weighted by Crippen LogP contribution is 2.02. The average Bonchev–Trinajstić information content (AvgIpc) is 1.88. The maximum Gasteiger partial charge on any atom is 0.111 e. The van der Waals surface area contributed by atoms with Crippen LogP contribution in [0, 0.1) is 0 Å². The Kier molecular flexibility index (Phi) is 4.91. The van der Waals surface area contributed by atoms with Gasteiger partial charge < -0.3 is 0 Å². The number of hydrogen-bond acceptors (Lipinski definition) is 0. The van der Waals surface area contributed by atoms with Gasteiger partial charge in [0.05, 0.1) is 0 Å². The molecule has 0 saturated heterocycles. The Morgan fingerprint density at radius 2 is 2.00 bits per heavy atom. The van der Waals surface area contributed by atoms with Gasteiger partial charge in [-0.1, -0.05) is 24.6 Å². The summed E-state index contributed by atoms with van der Waals surface area (Å²) < 4.78 is 11.9. The number of halogens is 1. The van der Waals surface area contributed by atoms with Crippen molar-refractivity contribution in [2.75, 3.05) is 6.67 Å². The lowest BCUT2D eigenvalue weighted by Crippen LogP contribution is -1.78. The van der Waals surface area contributed by atoms with Crippen molar-refractivity contribution in [1.82, 2.24) is 0 Å². The summed E-state index contributed by atoms with van der Waals surface area (Å²) in [6, 6.07) is 0. The van der Waals surface area contributed by atoms with Crippen LogP contribution >= 0.6 is 0 Å². The standard InChI is InChI=1S/C9H15F/c1-4-5-8(2)6-9(3)7-10/h5-6H,4,7H2,1-3H3/b8-5-,9-6-. The Bertz CT molecular complexity index is 143. The van der Waals surface area contributed by atoms with Crippen molar-refractivity contribution in [2.45, 2.75) is 27.2 Å². The molecular formula is C9H15F. The summed E-state index contributed by atoms with van der Waals surface area (Å²) in [4.78, 5) is 0. The molecule has 0 N–H and O–H groups in total. The summed E-state index contributed by atoms with van der Waals surface area (Å²) in [6.07, 6.45) is 4.98. The van der Waals surface area contributed by atoms with Gasteiger partial charge in [-0.15, -0.1) is 0 Å². The van der Waals surface area contributed by atoms with E-state index in [4.69, 9.17) is 0 Å². The fraction of sp³-hybridized carbons (Fsp3) is 0.556. The molecule has 0 atom stereocenters. The van der Waals surface area contributed by atoms with Gasteiger partial charge in [-0.25, -0.2) is 4.39 Å². The summed E-state index contributed by atoms with van der Waals surface area (Å²) >= 11 is 0. The predicted molar refractivity (Wildman–Crippen MR) is 43.8 cm³/mol. The van der Waals surface area contributed by atoms with Gasteiger partial charge in [0, 0.05) is 0 Å². The molecule has 0 heterocycles. The predicted octanol–water partition coefficient (Wildman–Crippen LogP) is 3.26. The van der Waals surface area contributed by atoms with E-state index >= 15 is 0 Å². The lowest BCUT2D eigenvalue weighted by molar-refractivity contribution is 0.543. The molecule has 0 amide bonds. The molecule has 0 rings (SSSR count). The summed E-state index contributed by atoms with van der Waals surface area (Å²) in [5.74, 6) is 0. The zero-order valence-electron chi connectivity index (χ0n) is 6.95. The van der Waals surface area contributed by atoms with E-state index in [9.17, 15) is 4.39 Å². The minimum Gasteiger partial charge on any atom is -0.246 e. The lowest BCUT2D eigenvalue weighted by atomic mass is 10.2. The molecule has 0 aliphatic carbocycles. The summed E-state index contributed by atoms with van der Waals surface area (Å²) in [6.45, 7) is 5.52. The molecule has 10 heavy (non-hydrogen) atoms. The van der Waals surface area contributed by atoms with Crippen LogP contribution in [0.5, 0.6) is 0 Å². The van der Waals surface area contributed by atoms with Gasteiger partial charge >= 0.3 is 0 Å². The third-order valence-corrected chi connectivity index (χ3v) is 1.21. The van der Waals surface area contributed by atoms with E-state index in [1.54, 1.807) is 6.92 Å². The van der Waals surface area contributed by atoms with E-state index in [0.29, 0.717) is 0 Å². The summed E-state index contributed by atoms with van der Waals surface area (Å²) in [7, 11) is 0. The summed E-state index contributed by atoms with van der Waals surface area (Å²) in [5, 5.41) is 0. The van der Waals surface area contributed by atoms with Gasteiger partial charge in [0.25, 0.3) is 0 Å². The van der Waals surface area contributed by atoms with Crippen LogP contribution < -0.4 is 0 Å². The van der Waals surface area contributed by atoms with E-state index in [1.807, 2.05) is 13.0 Å². The maximum absolute atomic E-state index is 11.9. The number of allylic oxidation sites excluding steroid dienone is 4. The molecular weight excluding hydrogens is 127 g/mol. The summed E-state index contributed by atoms with van der Waals surface area (Å²) in [5.41, 5.74) is 1.94. The molecule has 0 aromatic heterocycles. The molecule has 0 spiro atoms. The third-order valence-electron chi connectivity index (χ3n) is 1.21. The van der Waals surface area contributed by atoms with E-state index < -0.39 is 0 Å². The van der Waals surface area contributed by atoms with Gasteiger partial charge in [0.2, 0.25) is 0 Å². The molecule has 1 heteroatoms. The second-order valence-electron chi connectivity index (χ2n) is 2.48. The molecule has 58 valence electrons. The number of hydrogen-bond donors (Lipinski definition) is 0. The maximum atomic E-state index is 11.9. The molecule has 0 aliphatic rings. The molecule has 0 radical (unpaired) electrons. The third kappa shape index (κ3) is 4.30. The molecule has 0 nitrogen and oxygen atoms in total. The van der Waals surface area contributed by atoms with Crippen LogP contribution in [0.1, 0.15) is 27.2 Å². The van der Waals surface area contributed by atoms with E-state index in [2.05, 4.69) is 13.0 Å². The van der Waals surface area contributed by atoms with Crippen molar-refractivity contribution in [3.63, 3.8) is 0 Å². The van der Waals surface area contributed by atoms with Crippen molar-refractivity contribution >= 4 is 0 Å². The Balaban J connectivity index is 3.98. The van der Waals surface area contributed by atoms with Gasteiger partial charge in [-0.3, -0.25) is 0 Å². The van der Waals surface area contributed by atoms with Crippen LogP contribution in [-0.4, -0.2) is 6.67 Å². The second-order valence-corrected chi connectivity index (χ2v) is 2.48. The molecule has 0 aromatic rings. The molecule has 0 aromatic carbocycles. The molecule has 0 unspecified atom stereocenters. The Hall–Kier alpha value is -0.590. The largest absolute Gasteiger partial charge is 0.246 e. The molecule has 0 bridgehead atoms. The van der Waals surface area contributed by atoms with Crippen LogP contribution in [0.2, 0.25) is 0 Å². The van der Waals surface area contributed by atoms with Crippen LogP contribution in [0.3, 0.4) is 0 Å². The first-order valence-corrected chi connectivity index (χ1v) is 3.60. The first-order chi connectivity index (χ1) is 4.70. The normalized spacial score (nSPS) is 14.0. The average molecular weight is 142 g/mol. The van der Waals surface area contributed by atoms with Gasteiger partial charge in [0.15, 0.2) is 0 Å². The fourth-order valence-electron chi connectivity index (χ4n) is 0.808. The number of rotatable bonds is 3. The highest BCUT2D eigenvalue weighted by Gasteiger charge is 1.86. The molecule has 0 fully saturated rings. The first kappa shape index (κ1) is 9.41. The van der Waals surface area contributed by atoms with Gasteiger partial charge in [0.1, 0.15) is 6.67 Å². The van der Waals surface area contributed by atoms with Crippen molar-refractivity contribution < 1.29 is 4.39 Å². The SMILES string of the molecule is CC/C=C(C)\C=C(\C)CF. The highest BCUT2D eigenvalue weighted by atomic mass is 19.1. The Labute approximate surface area is 62.4 Å². The Morgan fingerprint density at radius 1 is 1.40 bits per heavy atom. The van der Waals surface area contributed by atoms with Crippen LogP contribution in [0.15, 0.2) is 23.3 Å². The van der Waals surface area contributed by atoms with Crippen LogP contribution in [-0.2, 0) is 0 Å². The lowest BCUT2D eigenvalue weighted by Gasteiger charge is -1.93. The zero-order chi connectivity index (χ0) is 7.98. The monoisotopic (exact) mass is 142 g/mol. The van der Waals surface area contributed by atoms with Crippen molar-refractivity contribution in [3.05, 3.63) is 23.3 Å². The van der Waals surface area contributed by atoms with Crippen molar-refractivity contribution in [1.29, 1.82) is 0 Å². The first-order valence-electron chi connectivity index (χ1n) is 3.60. The Morgan fingerprint density at radius 3 is 2.40 bits per heavy atom. The van der Waals surface area contributed by atoms with Crippen molar-refractivity contribution in [3.8, 4) is 0 Å². The highest BCUT2D eigenvalue weighted by molar-refractivity contribution is 5.20. The number of alkyl halides is 1. The quantitative estimate of drug-likeness (QED) is 0.530. The van der Waals surface area contributed by atoms with Gasteiger partial charge in [-0.05, 0) is 25.8 Å². The minimum atomic E-state index is -0.338. The minimum absolute atomic E-state index is 0.338. The second kappa shape index (κ2) is 5.21. The fourth-order valence-corrected chi connectivity index (χ4v) is 0.808. The zero-order valence-corrected chi connectivity index (χ0v) is 6.95. The van der Waals surface area contributed by atoms with E-state index in [-0.39, 0.29) is 6.67 Å². The van der Waals surface area contributed by atoms with Crippen molar-refractivity contribution in [2.24, 2.45) is 0 Å².